The summed E-state index contributed by atoms with van der Waals surface area (Å²) < 4.78 is 23.1. The average molecular weight is 248 g/mol. The highest BCUT2D eigenvalue weighted by Crippen LogP contribution is 2.27. The van der Waals surface area contributed by atoms with Crippen molar-refractivity contribution in [2.75, 3.05) is 26.4 Å². The minimum absolute atomic E-state index is 0.590. The SMILES string of the molecule is CCOC(OCC)(OCC)[SiH]1CCCCO1. The third-order valence-electron chi connectivity index (χ3n) is 2.61. The van der Waals surface area contributed by atoms with E-state index in [9.17, 15) is 0 Å². The second-order valence-electron chi connectivity index (χ2n) is 3.76. The molecule has 1 unspecified atom stereocenters. The molecule has 0 spiro atoms. The summed E-state index contributed by atoms with van der Waals surface area (Å²) in [5.41, 5.74) is -0.862. The van der Waals surface area contributed by atoms with Crippen LogP contribution in [0.15, 0.2) is 0 Å². The van der Waals surface area contributed by atoms with E-state index < -0.39 is 14.6 Å². The molecular weight excluding hydrogens is 224 g/mol. The summed E-state index contributed by atoms with van der Waals surface area (Å²) in [6, 6.07) is 1.07. The van der Waals surface area contributed by atoms with Crippen molar-refractivity contribution in [2.45, 2.75) is 45.3 Å². The van der Waals surface area contributed by atoms with Crippen LogP contribution in [0.1, 0.15) is 33.6 Å². The maximum atomic E-state index is 5.86. The van der Waals surface area contributed by atoms with Crippen molar-refractivity contribution in [1.82, 2.24) is 0 Å². The first-order valence-electron chi connectivity index (χ1n) is 6.32. The molecule has 1 rings (SSSR count). The first-order valence-corrected chi connectivity index (χ1v) is 8.19. The molecular formula is C11H24O4Si. The molecule has 0 radical (unpaired) electrons. The lowest BCUT2D eigenvalue weighted by molar-refractivity contribution is -0.332. The van der Waals surface area contributed by atoms with E-state index in [2.05, 4.69) is 0 Å². The Labute approximate surface area is 99.9 Å². The fourth-order valence-corrected chi connectivity index (χ4v) is 4.92. The highest BCUT2D eigenvalue weighted by Gasteiger charge is 2.45. The Kier molecular flexibility index (Phi) is 6.53. The van der Waals surface area contributed by atoms with Gasteiger partial charge in [-0.05, 0) is 33.2 Å². The lowest BCUT2D eigenvalue weighted by atomic mass is 10.4. The molecule has 1 atom stereocenters. The van der Waals surface area contributed by atoms with Crippen LogP contribution in [0.3, 0.4) is 0 Å². The highest BCUT2D eigenvalue weighted by molar-refractivity contribution is 6.54. The Balaban J connectivity index is 2.70. The van der Waals surface area contributed by atoms with Crippen molar-refractivity contribution in [3.8, 4) is 0 Å². The zero-order valence-electron chi connectivity index (χ0n) is 10.7. The van der Waals surface area contributed by atoms with Crippen molar-refractivity contribution >= 4 is 9.04 Å². The van der Waals surface area contributed by atoms with Crippen molar-refractivity contribution in [2.24, 2.45) is 0 Å². The van der Waals surface area contributed by atoms with Gasteiger partial charge in [0, 0.05) is 26.4 Å². The normalized spacial score (nSPS) is 22.3. The molecule has 16 heavy (non-hydrogen) atoms. The Morgan fingerprint density at radius 2 is 1.56 bits per heavy atom. The molecule has 0 aromatic heterocycles. The topological polar surface area (TPSA) is 36.9 Å². The van der Waals surface area contributed by atoms with E-state index in [-0.39, 0.29) is 0 Å². The summed E-state index contributed by atoms with van der Waals surface area (Å²) in [6.45, 7) is 8.48. The monoisotopic (exact) mass is 248 g/mol. The Morgan fingerprint density at radius 1 is 1.00 bits per heavy atom. The fourth-order valence-electron chi connectivity index (χ4n) is 2.03. The molecule has 96 valence electrons. The third kappa shape index (κ3) is 3.53. The molecule has 0 N–H and O–H groups in total. The van der Waals surface area contributed by atoms with Crippen LogP contribution in [0, 0.1) is 0 Å². The summed E-state index contributed by atoms with van der Waals surface area (Å²) in [7, 11) is -1.60. The predicted octanol–water partition coefficient (Wildman–Crippen LogP) is 1.82. The van der Waals surface area contributed by atoms with Gasteiger partial charge in [-0.3, -0.25) is 0 Å². The summed E-state index contributed by atoms with van der Waals surface area (Å²) in [5.74, 6) is 0. The van der Waals surface area contributed by atoms with Crippen molar-refractivity contribution in [1.29, 1.82) is 0 Å². The lowest BCUT2D eigenvalue weighted by Crippen LogP contribution is -2.55. The van der Waals surface area contributed by atoms with Crippen LogP contribution in [-0.2, 0) is 18.6 Å². The van der Waals surface area contributed by atoms with E-state index in [1.165, 1.54) is 6.42 Å². The van der Waals surface area contributed by atoms with Crippen LogP contribution in [0.4, 0.5) is 0 Å². The Bertz CT molecular complexity index is 166. The summed E-state index contributed by atoms with van der Waals surface area (Å²) in [5, 5.41) is 0. The van der Waals surface area contributed by atoms with E-state index >= 15 is 0 Å². The molecule has 0 amide bonds. The minimum Gasteiger partial charge on any atom is -0.411 e. The molecule has 1 fully saturated rings. The second-order valence-corrected chi connectivity index (χ2v) is 6.35. The summed E-state index contributed by atoms with van der Waals surface area (Å²) in [4.78, 5) is 0. The first kappa shape index (κ1) is 14.1. The van der Waals surface area contributed by atoms with Crippen LogP contribution >= 0.6 is 0 Å². The zero-order valence-corrected chi connectivity index (χ0v) is 11.8. The molecule has 4 nitrogen and oxygen atoms in total. The maximum Gasteiger partial charge on any atom is 0.283 e. The largest absolute Gasteiger partial charge is 0.411 e. The van der Waals surface area contributed by atoms with E-state index in [4.69, 9.17) is 18.6 Å². The molecule has 0 saturated carbocycles. The van der Waals surface area contributed by atoms with E-state index in [1.807, 2.05) is 20.8 Å². The number of hydrogen-bond donors (Lipinski definition) is 0. The van der Waals surface area contributed by atoms with Gasteiger partial charge in [0.2, 0.25) is 0 Å². The summed E-state index contributed by atoms with van der Waals surface area (Å²) >= 11 is 0. The van der Waals surface area contributed by atoms with E-state index in [1.54, 1.807) is 0 Å². The van der Waals surface area contributed by atoms with Crippen LogP contribution in [0.25, 0.3) is 0 Å². The molecule has 0 aliphatic carbocycles. The quantitative estimate of drug-likeness (QED) is 0.509. The van der Waals surface area contributed by atoms with Crippen molar-refractivity contribution in [3.63, 3.8) is 0 Å². The molecule has 1 heterocycles. The third-order valence-corrected chi connectivity index (χ3v) is 5.47. The van der Waals surface area contributed by atoms with Gasteiger partial charge in [-0.15, -0.1) is 0 Å². The van der Waals surface area contributed by atoms with Crippen molar-refractivity contribution in [3.05, 3.63) is 0 Å². The first-order chi connectivity index (χ1) is 7.79. The van der Waals surface area contributed by atoms with Gasteiger partial charge in [-0.25, -0.2) is 0 Å². The van der Waals surface area contributed by atoms with Gasteiger partial charge in [0.05, 0.1) is 0 Å². The number of hydrogen-bond acceptors (Lipinski definition) is 4. The van der Waals surface area contributed by atoms with E-state index in [0.29, 0.717) is 19.8 Å². The molecule has 0 aromatic carbocycles. The fraction of sp³-hybridized carbons (Fsp3) is 1.00. The lowest BCUT2D eigenvalue weighted by Gasteiger charge is -2.39. The van der Waals surface area contributed by atoms with Gasteiger partial charge in [0.15, 0.2) is 0 Å². The van der Waals surface area contributed by atoms with Gasteiger partial charge >= 0.3 is 0 Å². The number of rotatable bonds is 7. The number of ether oxygens (including phenoxy) is 3. The molecule has 0 aromatic rings. The van der Waals surface area contributed by atoms with Crippen LogP contribution in [-0.4, -0.2) is 41.1 Å². The summed E-state index contributed by atoms with van der Waals surface area (Å²) in [6.07, 6.45) is 2.34. The van der Waals surface area contributed by atoms with Gasteiger partial charge in [0.1, 0.15) is 0 Å². The average Bonchev–Trinajstić information content (AvgIpc) is 2.31. The van der Waals surface area contributed by atoms with Crippen LogP contribution in [0.2, 0.25) is 6.04 Å². The molecule has 1 aliphatic rings. The minimum atomic E-state index is -1.60. The van der Waals surface area contributed by atoms with Crippen molar-refractivity contribution < 1.29 is 18.6 Å². The van der Waals surface area contributed by atoms with Crippen LogP contribution < -0.4 is 0 Å². The smallest absolute Gasteiger partial charge is 0.283 e. The van der Waals surface area contributed by atoms with Crippen LogP contribution in [0.5, 0.6) is 0 Å². The van der Waals surface area contributed by atoms with Gasteiger partial charge < -0.3 is 18.6 Å². The highest BCUT2D eigenvalue weighted by atomic mass is 28.3. The van der Waals surface area contributed by atoms with Gasteiger partial charge in [0.25, 0.3) is 14.6 Å². The molecule has 5 heteroatoms. The van der Waals surface area contributed by atoms with Gasteiger partial charge in [-0.2, -0.15) is 0 Å². The Morgan fingerprint density at radius 3 is 1.94 bits per heavy atom. The zero-order chi connectivity index (χ0) is 11.9. The van der Waals surface area contributed by atoms with E-state index in [0.717, 1.165) is 19.1 Å². The molecule has 0 bridgehead atoms. The maximum absolute atomic E-state index is 5.86. The second kappa shape index (κ2) is 7.40. The molecule has 1 saturated heterocycles. The predicted molar refractivity (Wildman–Crippen MR) is 64.8 cm³/mol. The Hall–Kier alpha value is 0.0569. The standard InChI is InChI=1S/C11H24O4Si/c1-4-12-11(13-5-2,14-6-3)16-10-8-7-9-15-16/h16H,4-10H2,1-3H3. The molecule has 1 aliphatic heterocycles. The van der Waals surface area contributed by atoms with Gasteiger partial charge in [-0.1, -0.05) is 6.42 Å².